The number of nitrogens with one attached hydrogen (secondary N) is 2. The van der Waals surface area contributed by atoms with Crippen LogP contribution >= 0.6 is 15.9 Å². The largest absolute Gasteiger partial charge is 0.476 e. The van der Waals surface area contributed by atoms with Crippen molar-refractivity contribution < 1.29 is 9.53 Å². The smallest absolute Gasteiger partial charge is 0.267 e. The van der Waals surface area contributed by atoms with E-state index >= 15 is 0 Å². The second kappa shape index (κ2) is 4.76. The molecule has 2 aliphatic rings. The van der Waals surface area contributed by atoms with Crippen LogP contribution in [0.3, 0.4) is 0 Å². The third-order valence-electron chi connectivity index (χ3n) is 3.98. The van der Waals surface area contributed by atoms with Crippen LogP contribution in [0.25, 0.3) is 0 Å². The van der Waals surface area contributed by atoms with Crippen molar-refractivity contribution >= 4 is 27.7 Å². The lowest BCUT2D eigenvalue weighted by atomic mass is 9.64. The van der Waals surface area contributed by atoms with E-state index in [4.69, 9.17) is 4.74 Å². The Hall–Kier alpha value is -1.14. The van der Waals surface area contributed by atoms with E-state index in [0.29, 0.717) is 11.6 Å². The summed E-state index contributed by atoms with van der Waals surface area (Å²) in [6, 6.07) is 1.85. The Morgan fingerprint density at radius 2 is 2.42 bits per heavy atom. The predicted octanol–water partition coefficient (Wildman–Crippen LogP) is 1.93. The highest BCUT2D eigenvalue weighted by Crippen LogP contribution is 2.47. The van der Waals surface area contributed by atoms with Gasteiger partial charge in [0, 0.05) is 22.6 Å². The van der Waals surface area contributed by atoms with E-state index in [-0.39, 0.29) is 11.3 Å². The van der Waals surface area contributed by atoms with Gasteiger partial charge in [-0.25, -0.2) is 4.98 Å². The molecule has 0 aromatic carbocycles. The van der Waals surface area contributed by atoms with Crippen LogP contribution in [0.1, 0.15) is 19.3 Å². The molecule has 1 fully saturated rings. The summed E-state index contributed by atoms with van der Waals surface area (Å²) in [5.74, 6) is 1.06. The zero-order chi connectivity index (χ0) is 13.5. The summed E-state index contributed by atoms with van der Waals surface area (Å²) in [6.45, 7) is 0.794. The first-order chi connectivity index (χ1) is 9.14. The van der Waals surface area contributed by atoms with Crippen LogP contribution in [0.2, 0.25) is 0 Å². The number of ether oxygens (including phenoxy) is 1. The van der Waals surface area contributed by atoms with Gasteiger partial charge in [0.25, 0.3) is 5.91 Å². The number of nitrogens with zero attached hydrogens (tertiary/aromatic N) is 1. The second-order valence-corrected chi connectivity index (χ2v) is 6.15. The molecule has 1 unspecified atom stereocenters. The maximum atomic E-state index is 12.2. The predicted molar refractivity (Wildman–Crippen MR) is 75.2 cm³/mol. The SMILES string of the molecule is CNCC1(C2Oc3cc(Br)cnc3NC2=O)CCC1. The first kappa shape index (κ1) is 12.9. The fourth-order valence-electron chi connectivity index (χ4n) is 2.88. The molecule has 1 atom stereocenters. The van der Waals surface area contributed by atoms with E-state index in [1.54, 1.807) is 6.20 Å². The molecule has 0 radical (unpaired) electrons. The molecule has 3 rings (SSSR count). The number of pyridine rings is 1. The molecule has 1 aromatic heterocycles. The number of anilines is 1. The van der Waals surface area contributed by atoms with Crippen molar-refractivity contribution in [1.82, 2.24) is 10.3 Å². The minimum Gasteiger partial charge on any atom is -0.476 e. The quantitative estimate of drug-likeness (QED) is 0.891. The van der Waals surface area contributed by atoms with Crippen LogP contribution in [0.5, 0.6) is 5.75 Å². The van der Waals surface area contributed by atoms with Crippen LogP contribution in [0.4, 0.5) is 5.82 Å². The normalized spacial score (nSPS) is 23.9. The third-order valence-corrected chi connectivity index (χ3v) is 4.41. The third kappa shape index (κ3) is 2.12. The van der Waals surface area contributed by atoms with Crippen molar-refractivity contribution in [3.05, 3.63) is 16.7 Å². The Morgan fingerprint density at radius 3 is 3.05 bits per heavy atom. The van der Waals surface area contributed by atoms with Gasteiger partial charge in [-0.2, -0.15) is 0 Å². The number of fused-ring (bicyclic) bond motifs is 1. The van der Waals surface area contributed by atoms with Crippen LogP contribution in [0, 0.1) is 5.41 Å². The lowest BCUT2D eigenvalue weighted by Gasteiger charge is -2.47. The van der Waals surface area contributed by atoms with Gasteiger partial charge >= 0.3 is 0 Å². The molecule has 2 N–H and O–H groups in total. The highest BCUT2D eigenvalue weighted by atomic mass is 79.9. The highest BCUT2D eigenvalue weighted by molar-refractivity contribution is 9.10. The van der Waals surface area contributed by atoms with Gasteiger partial charge in [0.05, 0.1) is 0 Å². The maximum Gasteiger partial charge on any atom is 0.267 e. The minimum atomic E-state index is -0.433. The molecule has 0 spiro atoms. The number of carbonyl (C=O) groups excluding carboxylic acids is 1. The molecular weight excluding hydrogens is 310 g/mol. The van der Waals surface area contributed by atoms with Gasteiger partial charge in [-0.1, -0.05) is 6.42 Å². The lowest BCUT2D eigenvalue weighted by molar-refractivity contribution is -0.134. The van der Waals surface area contributed by atoms with Crippen LogP contribution in [-0.2, 0) is 4.79 Å². The molecule has 1 amide bonds. The van der Waals surface area contributed by atoms with Crippen molar-refractivity contribution in [3.63, 3.8) is 0 Å². The fourth-order valence-corrected chi connectivity index (χ4v) is 3.20. The Bertz CT molecular complexity index is 517. The van der Waals surface area contributed by atoms with E-state index in [9.17, 15) is 4.79 Å². The number of aromatic nitrogens is 1. The fraction of sp³-hybridized carbons (Fsp3) is 0.538. The molecule has 0 saturated heterocycles. The average Bonchev–Trinajstić information content (AvgIpc) is 2.34. The summed E-state index contributed by atoms with van der Waals surface area (Å²) in [5, 5.41) is 6.02. The van der Waals surface area contributed by atoms with Crippen molar-refractivity contribution in [2.75, 3.05) is 18.9 Å². The zero-order valence-corrected chi connectivity index (χ0v) is 12.3. The van der Waals surface area contributed by atoms with Gasteiger partial charge in [-0.3, -0.25) is 4.79 Å². The average molecular weight is 326 g/mol. The minimum absolute atomic E-state index is 0.0845. The van der Waals surface area contributed by atoms with Crippen LogP contribution < -0.4 is 15.4 Å². The van der Waals surface area contributed by atoms with Crippen LogP contribution in [0.15, 0.2) is 16.7 Å². The van der Waals surface area contributed by atoms with Crippen molar-refractivity contribution in [1.29, 1.82) is 0 Å². The number of carbonyl (C=O) groups is 1. The number of rotatable bonds is 3. The molecule has 1 saturated carbocycles. The summed E-state index contributed by atoms with van der Waals surface area (Å²) in [4.78, 5) is 16.4. The Kier molecular flexibility index (Phi) is 3.22. The van der Waals surface area contributed by atoms with E-state index in [1.165, 1.54) is 0 Å². The van der Waals surface area contributed by atoms with E-state index < -0.39 is 6.10 Å². The number of hydrogen-bond acceptors (Lipinski definition) is 4. The molecule has 1 aromatic rings. The summed E-state index contributed by atoms with van der Waals surface area (Å²) >= 11 is 3.37. The molecular formula is C13H16BrN3O2. The molecule has 1 aliphatic carbocycles. The van der Waals surface area contributed by atoms with Gasteiger partial charge in [0.1, 0.15) is 0 Å². The Labute approximate surface area is 120 Å². The first-order valence-electron chi connectivity index (χ1n) is 6.42. The summed E-state index contributed by atoms with van der Waals surface area (Å²) in [7, 11) is 1.91. The molecule has 19 heavy (non-hydrogen) atoms. The Morgan fingerprint density at radius 1 is 1.63 bits per heavy atom. The van der Waals surface area contributed by atoms with E-state index in [2.05, 4.69) is 31.5 Å². The monoisotopic (exact) mass is 325 g/mol. The molecule has 5 nitrogen and oxygen atoms in total. The zero-order valence-electron chi connectivity index (χ0n) is 10.7. The molecule has 1 aliphatic heterocycles. The molecule has 2 heterocycles. The van der Waals surface area contributed by atoms with Gasteiger partial charge in [0.2, 0.25) is 0 Å². The molecule has 0 bridgehead atoms. The van der Waals surface area contributed by atoms with Crippen molar-refractivity contribution in [2.45, 2.75) is 25.4 Å². The van der Waals surface area contributed by atoms with Gasteiger partial charge in [-0.05, 0) is 41.9 Å². The topological polar surface area (TPSA) is 63.2 Å². The highest BCUT2D eigenvalue weighted by Gasteiger charge is 2.50. The summed E-state index contributed by atoms with van der Waals surface area (Å²) in [6.07, 6.45) is 4.40. The number of halogens is 1. The number of amides is 1. The first-order valence-corrected chi connectivity index (χ1v) is 7.22. The van der Waals surface area contributed by atoms with Crippen molar-refractivity contribution in [3.8, 4) is 5.75 Å². The summed E-state index contributed by atoms with van der Waals surface area (Å²) in [5.41, 5.74) is -0.0845. The summed E-state index contributed by atoms with van der Waals surface area (Å²) < 4.78 is 6.79. The van der Waals surface area contributed by atoms with Crippen LogP contribution in [-0.4, -0.2) is 30.6 Å². The van der Waals surface area contributed by atoms with E-state index in [0.717, 1.165) is 30.3 Å². The standard InChI is InChI=1S/C13H16BrN3O2/c1-15-7-13(3-2-4-13)10-12(18)17-11-9(19-10)5-8(14)6-16-11/h5-6,10,15H,2-4,7H2,1H3,(H,16,17,18). The van der Waals surface area contributed by atoms with Gasteiger partial charge in [0.15, 0.2) is 17.7 Å². The van der Waals surface area contributed by atoms with E-state index in [1.807, 2.05) is 13.1 Å². The maximum absolute atomic E-state index is 12.2. The van der Waals surface area contributed by atoms with Gasteiger partial charge in [-0.15, -0.1) is 0 Å². The second-order valence-electron chi connectivity index (χ2n) is 5.23. The molecule has 6 heteroatoms. The Balaban J connectivity index is 1.90. The number of hydrogen-bond donors (Lipinski definition) is 2. The van der Waals surface area contributed by atoms with Gasteiger partial charge < -0.3 is 15.4 Å². The van der Waals surface area contributed by atoms with Crippen molar-refractivity contribution in [2.24, 2.45) is 5.41 Å². The molecule has 102 valence electrons. The lowest BCUT2D eigenvalue weighted by Crippen LogP contribution is -2.56.